The van der Waals surface area contributed by atoms with Crippen molar-refractivity contribution < 1.29 is 62.6 Å². The second kappa shape index (κ2) is 30.1. The summed E-state index contributed by atoms with van der Waals surface area (Å²) >= 11 is 0. The number of ether oxygens (including phenoxy) is 6. The third-order valence-corrected chi connectivity index (χ3v) is 5.59. The van der Waals surface area contributed by atoms with E-state index in [0.29, 0.717) is 78.7 Å². The van der Waals surface area contributed by atoms with Crippen LogP contribution in [0, 0.1) is 0 Å². The summed E-state index contributed by atoms with van der Waals surface area (Å²) in [5, 5.41) is 25.3. The first-order valence-electron chi connectivity index (χ1n) is 14.9. The zero-order valence-corrected chi connectivity index (χ0v) is 25.8. The Labute approximate surface area is 258 Å². The van der Waals surface area contributed by atoms with Gasteiger partial charge in [0, 0.05) is 78.2 Å². The van der Waals surface area contributed by atoms with E-state index in [1.165, 1.54) is 0 Å². The number of carboxylic acid groups (broad SMARTS) is 2. The van der Waals surface area contributed by atoms with Crippen LogP contribution in [0.15, 0.2) is 0 Å². The lowest BCUT2D eigenvalue weighted by Crippen LogP contribution is -2.43. The van der Waals surface area contributed by atoms with Gasteiger partial charge in [0.15, 0.2) is 0 Å². The molecule has 0 aliphatic rings. The number of aliphatic carboxylic acids is 2. The molecule has 0 rings (SSSR count). The minimum atomic E-state index is -0.872. The number of methoxy groups -OCH3 is 1. The van der Waals surface area contributed by atoms with Gasteiger partial charge in [0.2, 0.25) is 17.7 Å². The van der Waals surface area contributed by atoms with Crippen molar-refractivity contribution in [3.05, 3.63) is 0 Å². The van der Waals surface area contributed by atoms with Crippen molar-refractivity contribution in [2.45, 2.75) is 57.4 Å². The van der Waals surface area contributed by atoms with Crippen molar-refractivity contribution >= 4 is 29.7 Å². The highest BCUT2D eigenvalue weighted by atomic mass is 16.5. The molecule has 0 aromatic rings. The maximum Gasteiger partial charge on any atom is 0.303 e. The van der Waals surface area contributed by atoms with Gasteiger partial charge in [-0.25, -0.2) is 0 Å². The Morgan fingerprint density at radius 2 is 0.909 bits per heavy atom. The Hall–Kier alpha value is -2.89. The van der Waals surface area contributed by atoms with Crippen LogP contribution in [0.2, 0.25) is 0 Å². The monoisotopic (exact) mass is 637 g/mol. The molecule has 3 amide bonds. The minimum absolute atomic E-state index is 0.0451. The molecule has 0 spiro atoms. The van der Waals surface area contributed by atoms with Gasteiger partial charge in [-0.15, -0.1) is 0 Å². The highest BCUT2D eigenvalue weighted by molar-refractivity contribution is 5.83. The van der Waals surface area contributed by atoms with Crippen LogP contribution in [0.3, 0.4) is 0 Å². The fourth-order valence-corrected chi connectivity index (χ4v) is 3.47. The molecular formula is C28H51N3O13. The molecule has 0 aromatic heterocycles. The minimum Gasteiger partial charge on any atom is -0.481 e. The molecule has 0 aromatic carbocycles. The van der Waals surface area contributed by atoms with Gasteiger partial charge in [0.05, 0.1) is 52.9 Å². The molecule has 0 aliphatic carbocycles. The summed E-state index contributed by atoms with van der Waals surface area (Å²) in [7, 11) is 1.57. The molecule has 0 atom stereocenters. The maximum absolute atomic E-state index is 12.5. The smallest absolute Gasteiger partial charge is 0.303 e. The maximum atomic E-state index is 12.5. The van der Waals surface area contributed by atoms with Gasteiger partial charge in [0.25, 0.3) is 0 Å². The molecule has 0 bridgehead atoms. The van der Waals surface area contributed by atoms with Gasteiger partial charge in [-0.1, -0.05) is 0 Å². The third kappa shape index (κ3) is 30.6. The standard InChI is InChI=1S/C28H51N3O13/c1-39-15-16-40-10-2-5-24(32)31-23(21-25(33)29-8-13-43-19-17-41-11-3-6-27(35)36)22-26(34)30-9-14-44-20-18-42-12-4-7-28(37)38/h23H,2-22H2,1H3,(H,29,33)(H,30,34)(H,31,32)(H,35,36)(H,37,38). The van der Waals surface area contributed by atoms with Crippen molar-refractivity contribution in [1.29, 1.82) is 0 Å². The van der Waals surface area contributed by atoms with E-state index in [-0.39, 0.29) is 76.1 Å². The van der Waals surface area contributed by atoms with Gasteiger partial charge in [-0.2, -0.15) is 0 Å². The highest BCUT2D eigenvalue weighted by Crippen LogP contribution is 2.02. The van der Waals surface area contributed by atoms with Crippen molar-refractivity contribution in [3.8, 4) is 0 Å². The summed E-state index contributed by atoms with van der Waals surface area (Å²) in [5.74, 6) is -2.76. The predicted molar refractivity (Wildman–Crippen MR) is 156 cm³/mol. The zero-order valence-electron chi connectivity index (χ0n) is 25.8. The Bertz CT molecular complexity index is 738. The molecule has 256 valence electrons. The predicted octanol–water partition coefficient (Wildman–Crippen LogP) is -0.277. The van der Waals surface area contributed by atoms with Crippen LogP contribution in [-0.2, 0) is 52.4 Å². The van der Waals surface area contributed by atoms with Gasteiger partial charge in [-0.05, 0) is 19.3 Å². The lowest BCUT2D eigenvalue weighted by atomic mass is 10.1. The van der Waals surface area contributed by atoms with Crippen molar-refractivity contribution in [2.24, 2.45) is 0 Å². The highest BCUT2D eigenvalue weighted by Gasteiger charge is 2.20. The van der Waals surface area contributed by atoms with Gasteiger partial charge in [0.1, 0.15) is 0 Å². The van der Waals surface area contributed by atoms with Crippen LogP contribution < -0.4 is 16.0 Å². The fourth-order valence-electron chi connectivity index (χ4n) is 3.47. The van der Waals surface area contributed by atoms with Gasteiger partial charge >= 0.3 is 11.9 Å². The molecule has 16 nitrogen and oxygen atoms in total. The van der Waals surface area contributed by atoms with Crippen molar-refractivity contribution in [2.75, 3.05) is 92.9 Å². The van der Waals surface area contributed by atoms with E-state index >= 15 is 0 Å². The number of nitrogens with one attached hydrogen (secondary N) is 3. The lowest BCUT2D eigenvalue weighted by Gasteiger charge is -2.18. The number of amides is 3. The molecule has 16 heteroatoms. The molecule has 0 radical (unpaired) electrons. The molecule has 0 heterocycles. The van der Waals surface area contributed by atoms with Crippen LogP contribution in [0.5, 0.6) is 0 Å². The molecule has 0 fully saturated rings. The third-order valence-electron chi connectivity index (χ3n) is 5.59. The Balaban J connectivity index is 4.35. The molecule has 0 unspecified atom stereocenters. The number of carbonyl (C=O) groups is 5. The molecule has 0 aliphatic heterocycles. The lowest BCUT2D eigenvalue weighted by molar-refractivity contribution is -0.138. The second-order valence-corrected chi connectivity index (χ2v) is 9.53. The molecule has 0 saturated carbocycles. The Morgan fingerprint density at radius 3 is 1.32 bits per heavy atom. The summed E-state index contributed by atoms with van der Waals surface area (Å²) in [6.45, 7) is 4.03. The van der Waals surface area contributed by atoms with E-state index < -0.39 is 18.0 Å². The SMILES string of the molecule is COCCOCCCC(=O)NC(CC(=O)NCCOCCOCCCC(=O)O)CC(=O)NCCOCCOCCCC(=O)O. The number of hydrogen-bond acceptors (Lipinski definition) is 11. The van der Waals surface area contributed by atoms with Crippen LogP contribution >= 0.6 is 0 Å². The van der Waals surface area contributed by atoms with E-state index in [1.54, 1.807) is 7.11 Å². The van der Waals surface area contributed by atoms with E-state index in [4.69, 9.17) is 38.6 Å². The number of carboxylic acids is 2. The largest absolute Gasteiger partial charge is 0.481 e. The summed E-state index contributed by atoms with van der Waals surface area (Å²) in [6, 6.07) is -0.725. The molecule has 44 heavy (non-hydrogen) atoms. The van der Waals surface area contributed by atoms with Crippen molar-refractivity contribution in [1.82, 2.24) is 16.0 Å². The quantitative estimate of drug-likeness (QED) is 0.0601. The fraction of sp³-hybridized carbons (Fsp3) is 0.821. The van der Waals surface area contributed by atoms with Crippen LogP contribution in [0.25, 0.3) is 0 Å². The van der Waals surface area contributed by atoms with Gasteiger partial charge in [-0.3, -0.25) is 24.0 Å². The summed E-state index contributed by atoms with van der Waals surface area (Å²) < 4.78 is 31.5. The van der Waals surface area contributed by atoms with E-state index in [1.807, 2.05) is 0 Å². The zero-order chi connectivity index (χ0) is 32.7. The topological polar surface area (TPSA) is 217 Å². The van der Waals surface area contributed by atoms with Crippen LogP contribution in [0.4, 0.5) is 0 Å². The van der Waals surface area contributed by atoms with E-state index in [9.17, 15) is 24.0 Å². The van der Waals surface area contributed by atoms with Crippen LogP contribution in [0.1, 0.15) is 51.4 Å². The second-order valence-electron chi connectivity index (χ2n) is 9.53. The normalized spacial score (nSPS) is 11.0. The van der Waals surface area contributed by atoms with E-state index in [2.05, 4.69) is 16.0 Å². The first-order chi connectivity index (χ1) is 21.2. The van der Waals surface area contributed by atoms with E-state index in [0.717, 1.165) is 0 Å². The van der Waals surface area contributed by atoms with Crippen molar-refractivity contribution in [3.63, 3.8) is 0 Å². The first kappa shape index (κ1) is 41.1. The number of hydrogen-bond donors (Lipinski definition) is 5. The van der Waals surface area contributed by atoms with Crippen LogP contribution in [-0.4, -0.2) is 139 Å². The molecule has 0 saturated heterocycles. The average Bonchev–Trinajstić information content (AvgIpc) is 2.96. The van der Waals surface area contributed by atoms with Gasteiger partial charge < -0.3 is 54.6 Å². The summed E-state index contributed by atoms with van der Waals surface area (Å²) in [4.78, 5) is 58.3. The number of rotatable bonds is 32. The Kier molecular flexibility index (Phi) is 28.2. The average molecular weight is 638 g/mol. The Morgan fingerprint density at radius 1 is 0.523 bits per heavy atom. The molecular weight excluding hydrogens is 586 g/mol. The number of carbonyl (C=O) groups excluding carboxylic acids is 3. The summed E-state index contributed by atoms with van der Waals surface area (Å²) in [6.07, 6.45) is 1.37. The summed E-state index contributed by atoms with van der Waals surface area (Å²) in [5.41, 5.74) is 0. The first-order valence-corrected chi connectivity index (χ1v) is 14.9. The molecule has 5 N–H and O–H groups in total.